The number of fused-ring (bicyclic) bond motifs is 6. The van der Waals surface area contributed by atoms with E-state index in [-0.39, 0.29) is 48.0 Å². The van der Waals surface area contributed by atoms with Crippen molar-refractivity contribution in [1.82, 2.24) is 20.4 Å². The largest absolute Gasteiger partial charge is 0.459 e. The molecule has 2 saturated carbocycles. The molecule has 5 aliphatic rings. The normalized spacial score (nSPS) is 36.1. The number of amides is 4. The molecule has 3 heterocycles. The number of urea groups is 1. The number of hydrogen-bond donors (Lipinski definition) is 3. The van der Waals surface area contributed by atoms with Crippen molar-refractivity contribution in [3.63, 3.8) is 0 Å². The van der Waals surface area contributed by atoms with E-state index in [1.54, 1.807) is 0 Å². The summed E-state index contributed by atoms with van der Waals surface area (Å²) in [4.78, 5) is 61.2. The van der Waals surface area contributed by atoms with Crippen LogP contribution in [0.5, 0.6) is 0 Å². The average Bonchev–Trinajstić information content (AvgIpc) is 3.46. The van der Waals surface area contributed by atoms with Crippen LogP contribution in [0, 0.1) is 34.5 Å². The van der Waals surface area contributed by atoms with Crippen molar-refractivity contribution in [2.45, 2.75) is 104 Å². The zero-order chi connectivity index (χ0) is 31.1. The summed E-state index contributed by atoms with van der Waals surface area (Å²) in [7, 11) is 0. The summed E-state index contributed by atoms with van der Waals surface area (Å²) < 4.78 is 12.4. The van der Waals surface area contributed by atoms with Crippen LogP contribution in [0.25, 0.3) is 0 Å². The van der Waals surface area contributed by atoms with Crippen LogP contribution < -0.4 is 10.6 Å². The number of carbonyl (C=O) groups excluding carboxylic acids is 4. The molecule has 3 N–H and O–H groups in total. The Hall–Kier alpha value is -3.44. The lowest BCUT2D eigenvalue weighted by Crippen LogP contribution is -2.57. The van der Waals surface area contributed by atoms with Crippen LogP contribution in [0.15, 0.2) is 16.9 Å². The fourth-order valence-corrected chi connectivity index (χ4v) is 7.55. The highest BCUT2D eigenvalue weighted by Crippen LogP contribution is 2.57. The molecule has 236 valence electrons. The molecule has 4 fully saturated rings. The Morgan fingerprint density at radius 2 is 1.86 bits per heavy atom. The van der Waals surface area contributed by atoms with Crippen LogP contribution in [0.3, 0.4) is 0 Å². The van der Waals surface area contributed by atoms with Gasteiger partial charge in [0, 0.05) is 18.7 Å². The summed E-state index contributed by atoms with van der Waals surface area (Å²) >= 11 is 0. The van der Waals surface area contributed by atoms with Gasteiger partial charge in [0.1, 0.15) is 24.1 Å². The molecule has 0 aromatic heterocycles. The Morgan fingerprint density at radius 1 is 1.09 bits per heavy atom. The van der Waals surface area contributed by atoms with Gasteiger partial charge in [-0.25, -0.2) is 14.5 Å². The van der Waals surface area contributed by atoms with Crippen LogP contribution in [0.4, 0.5) is 9.59 Å². The molecule has 0 aromatic carbocycles. The van der Waals surface area contributed by atoms with E-state index in [1.165, 1.54) is 29.2 Å². The molecule has 43 heavy (non-hydrogen) atoms. The summed E-state index contributed by atoms with van der Waals surface area (Å²) in [6.45, 7) is 9.52. The van der Waals surface area contributed by atoms with E-state index < -0.39 is 35.7 Å². The second-order valence-corrected chi connectivity index (χ2v) is 13.8. The fraction of sp³-hybridized carbons (Fsp3) is 0.742. The first-order valence-electron chi connectivity index (χ1n) is 15.8. The predicted molar refractivity (Wildman–Crippen MR) is 159 cm³/mol. The molecular formula is C31H46N6O6. The zero-order valence-electron chi connectivity index (χ0n) is 25.9. The lowest BCUT2D eigenvalue weighted by Gasteiger charge is -2.36. The Bertz CT molecular complexity index is 1210. The van der Waals surface area contributed by atoms with Crippen LogP contribution in [-0.4, -0.2) is 83.2 Å². The minimum absolute atomic E-state index is 0.0943. The Kier molecular flexibility index (Phi) is 8.85. The molecule has 5 rings (SSSR count). The molecule has 8 atom stereocenters. The molecule has 3 aliphatic heterocycles. The van der Waals surface area contributed by atoms with E-state index in [0.29, 0.717) is 24.8 Å². The second-order valence-electron chi connectivity index (χ2n) is 13.8. The number of Topliss-reactive ketones (excluding diaryl/α,β-unsaturated/α-hetero) is 1. The first-order chi connectivity index (χ1) is 20.4. The minimum atomic E-state index is -0.928. The number of allylic oxidation sites excluding steroid dienone is 1. The van der Waals surface area contributed by atoms with Gasteiger partial charge in [0.25, 0.3) is 0 Å². The number of aliphatic imine (C=N–C) groups is 1. The summed E-state index contributed by atoms with van der Waals surface area (Å²) in [5, 5.41) is 13.0. The molecule has 2 unspecified atom stereocenters. The summed E-state index contributed by atoms with van der Waals surface area (Å²) in [6.07, 6.45) is 7.08. The Labute approximate surface area is 253 Å². The van der Waals surface area contributed by atoms with Crippen molar-refractivity contribution < 1.29 is 28.7 Å². The van der Waals surface area contributed by atoms with Crippen molar-refractivity contribution in [2.75, 3.05) is 13.1 Å². The van der Waals surface area contributed by atoms with Crippen molar-refractivity contribution in [2.24, 2.45) is 34.1 Å². The van der Waals surface area contributed by atoms with E-state index in [9.17, 15) is 19.2 Å². The van der Waals surface area contributed by atoms with Crippen molar-refractivity contribution >= 4 is 36.1 Å². The standard InChI is InChI=1S/C31H46N6O6/c1-6-19-23-16-37(25(19)17(2)38)27(39)26(31(3,4)5)35-30(41)43-22-15-18-14-21(18)20(22)10-8-7-9-13-36-28(40)33-24(11-12-32)34-29(36)42-23/h11-12,18-23,25-26,32H,6-10,13-16H2,1-5H3,(H,33,40)(H,35,41)/b24-11+,32-12?/t18?,19-,20-,21?,22-,23+,25-,26-/m1/s1. The minimum Gasteiger partial charge on any atom is -0.459 e. The molecule has 0 radical (unpaired) electrons. The first kappa shape index (κ1) is 31.0. The number of rotatable bonds is 3. The number of carbonyl (C=O) groups is 4. The highest BCUT2D eigenvalue weighted by Gasteiger charge is 2.55. The van der Waals surface area contributed by atoms with Crippen LogP contribution in [0.2, 0.25) is 0 Å². The third-order valence-corrected chi connectivity index (χ3v) is 9.78. The van der Waals surface area contributed by atoms with Gasteiger partial charge >= 0.3 is 18.1 Å². The van der Waals surface area contributed by atoms with Crippen LogP contribution in [0.1, 0.15) is 79.6 Å². The number of ether oxygens (including phenoxy) is 2. The number of nitrogens with one attached hydrogen (secondary N) is 3. The summed E-state index contributed by atoms with van der Waals surface area (Å²) in [5.41, 5.74) is -0.662. The van der Waals surface area contributed by atoms with Gasteiger partial charge in [-0.3, -0.25) is 14.9 Å². The van der Waals surface area contributed by atoms with Gasteiger partial charge in [0.2, 0.25) is 5.91 Å². The molecule has 2 saturated heterocycles. The predicted octanol–water partition coefficient (Wildman–Crippen LogP) is 3.81. The third-order valence-electron chi connectivity index (χ3n) is 9.78. The molecule has 12 nitrogen and oxygen atoms in total. The van der Waals surface area contributed by atoms with Crippen molar-refractivity contribution in [3.8, 4) is 0 Å². The maximum Gasteiger partial charge on any atom is 0.408 e. The molecule has 0 aromatic rings. The van der Waals surface area contributed by atoms with Crippen LogP contribution in [-0.2, 0) is 19.1 Å². The maximum absolute atomic E-state index is 14.2. The number of ketones is 1. The Balaban J connectivity index is 1.49. The Morgan fingerprint density at radius 3 is 2.53 bits per heavy atom. The molecule has 12 heteroatoms. The van der Waals surface area contributed by atoms with Crippen LogP contribution >= 0.6 is 0 Å². The second kappa shape index (κ2) is 12.3. The van der Waals surface area contributed by atoms with E-state index >= 15 is 0 Å². The molecular weight excluding hydrogens is 552 g/mol. The SMILES string of the molecule is CC[C@@H]1[C@@H]2CN(C(=O)[C@H](C(C)(C)C)NC(=O)O[C@@H]3CC4CC4[C@H]3CCCCCN3C(=O)N/C(=C\C=N)N=C3O2)[C@@H]1C(C)=O. The lowest BCUT2D eigenvalue weighted by molar-refractivity contribution is -0.141. The quantitative estimate of drug-likeness (QED) is 0.420. The molecule has 2 bridgehead atoms. The number of amidine groups is 1. The van der Waals surface area contributed by atoms with Crippen molar-refractivity contribution in [1.29, 1.82) is 5.41 Å². The first-order valence-corrected chi connectivity index (χ1v) is 15.8. The van der Waals surface area contributed by atoms with E-state index in [1.807, 2.05) is 27.7 Å². The smallest absolute Gasteiger partial charge is 0.408 e. The highest BCUT2D eigenvalue weighted by molar-refractivity contribution is 5.98. The van der Waals surface area contributed by atoms with Gasteiger partial charge in [-0.2, -0.15) is 4.99 Å². The highest BCUT2D eigenvalue weighted by atomic mass is 16.6. The fourth-order valence-electron chi connectivity index (χ4n) is 7.55. The maximum atomic E-state index is 14.2. The molecule has 4 amide bonds. The van der Waals surface area contributed by atoms with Gasteiger partial charge in [-0.1, -0.05) is 40.5 Å². The molecule has 2 aliphatic carbocycles. The molecule has 0 spiro atoms. The lowest BCUT2D eigenvalue weighted by atomic mass is 9.85. The number of nitrogens with zero attached hydrogens (tertiary/aromatic N) is 3. The number of alkyl carbamates (subject to hydrolysis) is 1. The van der Waals surface area contributed by atoms with Gasteiger partial charge in [0.15, 0.2) is 5.78 Å². The number of hydrogen-bond acceptors (Lipinski definition) is 8. The third kappa shape index (κ3) is 6.43. The van der Waals surface area contributed by atoms with E-state index in [2.05, 4.69) is 15.6 Å². The zero-order valence-corrected chi connectivity index (χ0v) is 25.9. The summed E-state index contributed by atoms with van der Waals surface area (Å²) in [6, 6.07) is -1.98. The van der Waals surface area contributed by atoms with E-state index in [4.69, 9.17) is 14.9 Å². The average molecular weight is 599 g/mol. The van der Waals surface area contributed by atoms with Gasteiger partial charge < -0.3 is 25.1 Å². The van der Waals surface area contributed by atoms with Gasteiger partial charge in [0.05, 0.1) is 12.6 Å². The van der Waals surface area contributed by atoms with Gasteiger partial charge in [-0.05, 0) is 68.3 Å². The van der Waals surface area contributed by atoms with E-state index in [0.717, 1.165) is 38.3 Å². The topological polar surface area (TPSA) is 153 Å². The summed E-state index contributed by atoms with van der Waals surface area (Å²) in [5.74, 6) is 0.751. The van der Waals surface area contributed by atoms with Gasteiger partial charge in [-0.15, -0.1) is 0 Å². The monoisotopic (exact) mass is 598 g/mol. The van der Waals surface area contributed by atoms with Crippen molar-refractivity contribution in [3.05, 3.63) is 11.9 Å².